The number of benzene rings is 1. The lowest BCUT2D eigenvalue weighted by Crippen LogP contribution is -2.28. The topological polar surface area (TPSA) is 139 Å². The van der Waals surface area contributed by atoms with E-state index in [1.165, 1.54) is 6.20 Å². The summed E-state index contributed by atoms with van der Waals surface area (Å²) in [5.74, 6) is -1.54. The molecule has 0 unspecified atom stereocenters. The van der Waals surface area contributed by atoms with Crippen molar-refractivity contribution in [3.63, 3.8) is 0 Å². The molecule has 2 heterocycles. The summed E-state index contributed by atoms with van der Waals surface area (Å²) in [5, 5.41) is 22.6. The first-order chi connectivity index (χ1) is 15.9. The van der Waals surface area contributed by atoms with Crippen LogP contribution in [0, 0.1) is 5.92 Å². The van der Waals surface area contributed by atoms with Crippen molar-refractivity contribution in [2.75, 3.05) is 10.6 Å². The van der Waals surface area contributed by atoms with Gasteiger partial charge in [-0.2, -0.15) is 0 Å². The average molecular weight is 492 g/mol. The number of rotatable bonds is 7. The maximum atomic E-state index is 12.4. The van der Waals surface area contributed by atoms with Gasteiger partial charge in [-0.15, -0.1) is 5.10 Å². The maximum Gasteiger partial charge on any atom is 0.320 e. The lowest BCUT2D eigenvalue weighted by molar-refractivity contribution is -0.143. The van der Waals surface area contributed by atoms with Crippen LogP contribution in [-0.4, -0.2) is 38.3 Å². The molecule has 3 aromatic rings. The van der Waals surface area contributed by atoms with E-state index in [4.69, 9.17) is 37.5 Å². The number of carbonyl (C=O) groups excluding carboxylic acids is 1. The fraction of sp³-hybridized carbons (Fsp3) is 0.286. The number of ether oxygens (including phenoxy) is 1. The molecular formula is C21H19Cl2N5O5. The number of carboxylic acids is 1. The number of nitrogens with one attached hydrogen (secondary N) is 2. The summed E-state index contributed by atoms with van der Waals surface area (Å²) in [6.07, 6.45) is 3.84. The van der Waals surface area contributed by atoms with Crippen molar-refractivity contribution in [2.24, 2.45) is 5.92 Å². The van der Waals surface area contributed by atoms with Gasteiger partial charge in [0.15, 0.2) is 0 Å². The molecule has 1 aliphatic carbocycles. The highest BCUT2D eigenvalue weighted by molar-refractivity contribution is 6.43. The number of anilines is 3. The van der Waals surface area contributed by atoms with Crippen molar-refractivity contribution in [1.29, 1.82) is 0 Å². The number of aromatic nitrogens is 3. The second kappa shape index (κ2) is 10.1. The summed E-state index contributed by atoms with van der Waals surface area (Å²) >= 11 is 12.1. The van der Waals surface area contributed by atoms with Crippen molar-refractivity contribution >= 4 is 52.5 Å². The molecule has 0 aliphatic heterocycles. The fourth-order valence-electron chi connectivity index (χ4n) is 3.39. The van der Waals surface area contributed by atoms with Gasteiger partial charge in [0, 0.05) is 6.07 Å². The number of aliphatic carboxylic acids is 1. The third-order valence-corrected chi connectivity index (χ3v) is 5.94. The van der Waals surface area contributed by atoms with E-state index in [2.05, 4.69) is 25.8 Å². The molecule has 1 fully saturated rings. The summed E-state index contributed by atoms with van der Waals surface area (Å²) in [6.45, 7) is 0. The van der Waals surface area contributed by atoms with Crippen molar-refractivity contribution < 1.29 is 23.8 Å². The number of hydrogen-bond donors (Lipinski definition) is 3. The van der Waals surface area contributed by atoms with E-state index in [-0.39, 0.29) is 28.9 Å². The average Bonchev–Trinajstić information content (AvgIpc) is 3.27. The predicted octanol–water partition coefficient (Wildman–Crippen LogP) is 4.79. The molecule has 172 valence electrons. The van der Waals surface area contributed by atoms with E-state index in [9.17, 15) is 9.59 Å². The van der Waals surface area contributed by atoms with Crippen LogP contribution >= 0.6 is 23.2 Å². The van der Waals surface area contributed by atoms with Crippen LogP contribution in [0.3, 0.4) is 0 Å². The first-order valence-electron chi connectivity index (χ1n) is 10.1. The molecule has 1 saturated carbocycles. The molecule has 3 N–H and O–H groups in total. The van der Waals surface area contributed by atoms with Gasteiger partial charge in [0.25, 0.3) is 0 Å². The van der Waals surface area contributed by atoms with Crippen molar-refractivity contribution in [3.05, 3.63) is 52.5 Å². The molecule has 1 amide bonds. The van der Waals surface area contributed by atoms with Crippen LogP contribution in [0.5, 0.6) is 5.88 Å². The van der Waals surface area contributed by atoms with E-state index in [1.807, 2.05) is 0 Å². The van der Waals surface area contributed by atoms with Gasteiger partial charge in [-0.05, 0) is 43.9 Å². The third kappa shape index (κ3) is 5.71. The maximum absolute atomic E-state index is 12.4. The molecule has 0 atom stereocenters. The molecule has 0 radical (unpaired) electrons. The number of carbonyl (C=O) groups is 2. The fourth-order valence-corrected chi connectivity index (χ4v) is 3.74. The second-order valence-corrected chi connectivity index (χ2v) is 8.19. The smallest absolute Gasteiger partial charge is 0.320 e. The Balaban J connectivity index is 1.31. The standard InChI is InChI=1S/C21H19Cl2N5O5/c22-14-2-1-3-15(17(14)23)26-21-28-27-19(33-21)18(29)25-12-6-9-16(24-10-12)32-13-7-4-11(5-8-13)20(30)31/h1-3,6,9-11,13H,4-5,7-8H2,(H,25,29)(H,26,28)(H,30,31). The van der Waals surface area contributed by atoms with Gasteiger partial charge in [0.05, 0.1) is 33.5 Å². The zero-order chi connectivity index (χ0) is 23.4. The van der Waals surface area contributed by atoms with Crippen molar-refractivity contribution in [3.8, 4) is 5.88 Å². The number of amides is 1. The Morgan fingerprint density at radius 2 is 1.88 bits per heavy atom. The van der Waals surface area contributed by atoms with Crippen molar-refractivity contribution in [1.82, 2.24) is 15.2 Å². The first kappa shape index (κ1) is 22.8. The predicted molar refractivity (Wildman–Crippen MR) is 120 cm³/mol. The van der Waals surface area contributed by atoms with Crippen molar-refractivity contribution in [2.45, 2.75) is 31.8 Å². The minimum absolute atomic E-state index is 0.0243. The Bertz CT molecular complexity index is 1150. The molecule has 0 bridgehead atoms. The van der Waals surface area contributed by atoms with Gasteiger partial charge in [0.1, 0.15) is 6.10 Å². The first-order valence-corrected chi connectivity index (χ1v) is 10.9. The minimum atomic E-state index is -0.760. The molecule has 1 aliphatic rings. The molecule has 0 saturated heterocycles. The third-order valence-electron chi connectivity index (χ3n) is 5.12. The summed E-state index contributed by atoms with van der Waals surface area (Å²) < 4.78 is 11.2. The van der Waals surface area contributed by atoms with Gasteiger partial charge in [-0.1, -0.05) is 34.4 Å². The number of nitrogens with zero attached hydrogens (tertiary/aromatic N) is 3. The van der Waals surface area contributed by atoms with E-state index in [0.717, 1.165) is 0 Å². The van der Waals surface area contributed by atoms with Crippen LogP contribution < -0.4 is 15.4 Å². The summed E-state index contributed by atoms with van der Waals surface area (Å²) in [4.78, 5) is 27.6. The molecule has 10 nitrogen and oxygen atoms in total. The lowest BCUT2D eigenvalue weighted by atomic mass is 9.87. The largest absolute Gasteiger partial charge is 0.481 e. The summed E-state index contributed by atoms with van der Waals surface area (Å²) in [6, 6.07) is 8.23. The normalized spacial score (nSPS) is 17.9. The van der Waals surface area contributed by atoms with Gasteiger partial charge in [-0.25, -0.2) is 4.98 Å². The minimum Gasteiger partial charge on any atom is -0.481 e. The molecule has 12 heteroatoms. The molecule has 2 aromatic heterocycles. The van der Waals surface area contributed by atoms with Crippen LogP contribution in [0.1, 0.15) is 36.4 Å². The van der Waals surface area contributed by atoms with Crippen LogP contribution in [0.15, 0.2) is 40.9 Å². The Morgan fingerprint density at radius 1 is 1.09 bits per heavy atom. The highest BCUT2D eigenvalue weighted by Crippen LogP contribution is 2.31. The van der Waals surface area contributed by atoms with Crippen LogP contribution in [0.4, 0.5) is 17.4 Å². The molecule has 0 spiro atoms. The van der Waals surface area contributed by atoms with Crippen LogP contribution in [0.2, 0.25) is 10.0 Å². The zero-order valence-corrected chi connectivity index (χ0v) is 18.6. The zero-order valence-electron chi connectivity index (χ0n) is 17.1. The SMILES string of the molecule is O=C(Nc1ccc(OC2CCC(C(=O)O)CC2)nc1)c1nnc(Nc2cccc(Cl)c2Cl)o1. The molecular weight excluding hydrogens is 473 g/mol. The summed E-state index contributed by atoms with van der Waals surface area (Å²) in [7, 11) is 0. The van der Waals surface area contributed by atoms with Crippen LogP contribution in [-0.2, 0) is 4.79 Å². The van der Waals surface area contributed by atoms with E-state index < -0.39 is 11.9 Å². The number of pyridine rings is 1. The monoisotopic (exact) mass is 491 g/mol. The van der Waals surface area contributed by atoms with Gasteiger partial charge in [-0.3, -0.25) is 9.59 Å². The van der Waals surface area contributed by atoms with Crippen LogP contribution in [0.25, 0.3) is 0 Å². The Labute approximate surface area is 198 Å². The lowest BCUT2D eigenvalue weighted by Gasteiger charge is -2.26. The molecule has 1 aromatic carbocycles. The van der Waals surface area contributed by atoms with Gasteiger partial charge < -0.3 is 24.9 Å². The number of carboxylic acid groups (broad SMARTS) is 1. The highest BCUT2D eigenvalue weighted by Gasteiger charge is 2.27. The Morgan fingerprint density at radius 3 is 2.58 bits per heavy atom. The van der Waals surface area contributed by atoms with Gasteiger partial charge in [0.2, 0.25) is 5.88 Å². The number of halogens is 2. The van der Waals surface area contributed by atoms with Gasteiger partial charge >= 0.3 is 23.8 Å². The van der Waals surface area contributed by atoms with E-state index in [0.29, 0.717) is 48.0 Å². The second-order valence-electron chi connectivity index (χ2n) is 7.41. The quantitative estimate of drug-likeness (QED) is 0.425. The number of hydrogen-bond acceptors (Lipinski definition) is 8. The van der Waals surface area contributed by atoms with E-state index >= 15 is 0 Å². The summed E-state index contributed by atoms with van der Waals surface area (Å²) in [5.41, 5.74) is 0.864. The highest BCUT2D eigenvalue weighted by atomic mass is 35.5. The molecule has 33 heavy (non-hydrogen) atoms. The Hall–Kier alpha value is -3.37. The van der Waals surface area contributed by atoms with E-state index in [1.54, 1.807) is 30.3 Å². The molecule has 4 rings (SSSR count). The Kier molecular flexibility index (Phi) is 6.95.